The Kier molecular flexibility index (Phi) is 5.05. The van der Waals surface area contributed by atoms with Crippen LogP contribution in [0, 0.1) is 16.6 Å². The predicted molar refractivity (Wildman–Crippen MR) is 114 cm³/mol. The molecule has 1 amide bonds. The number of amides is 1. The van der Waals surface area contributed by atoms with Gasteiger partial charge in [-0.1, -0.05) is 6.07 Å². The molecule has 1 aromatic carbocycles. The SMILES string of the molecule is CC(=N)/C(=C(/C)N)c1ccc(NC(=O)CC2c3ccc(F)cc3OCC23CC3)cn1. The molecule has 6 nitrogen and oxygen atoms in total. The first-order valence-corrected chi connectivity index (χ1v) is 9.99. The van der Waals surface area contributed by atoms with Gasteiger partial charge in [-0.2, -0.15) is 0 Å². The van der Waals surface area contributed by atoms with Crippen molar-refractivity contribution in [2.45, 2.75) is 39.0 Å². The summed E-state index contributed by atoms with van der Waals surface area (Å²) in [5.74, 6) is 0.0852. The first-order chi connectivity index (χ1) is 14.3. The molecule has 2 aliphatic rings. The van der Waals surface area contributed by atoms with Gasteiger partial charge in [0.1, 0.15) is 11.6 Å². The second-order valence-electron chi connectivity index (χ2n) is 8.25. The fourth-order valence-corrected chi connectivity index (χ4v) is 4.26. The molecule has 1 saturated carbocycles. The van der Waals surface area contributed by atoms with Gasteiger partial charge in [-0.05, 0) is 50.5 Å². The van der Waals surface area contributed by atoms with Crippen LogP contribution in [0.2, 0.25) is 0 Å². The maximum atomic E-state index is 13.6. The van der Waals surface area contributed by atoms with Gasteiger partial charge in [-0.25, -0.2) is 4.39 Å². The Bertz CT molecular complexity index is 1040. The van der Waals surface area contributed by atoms with E-state index in [1.165, 1.54) is 12.1 Å². The number of benzene rings is 1. The Morgan fingerprint density at radius 2 is 2.10 bits per heavy atom. The number of fused-ring (bicyclic) bond motifs is 1. The number of nitrogens with two attached hydrogens (primary N) is 1. The zero-order valence-electron chi connectivity index (χ0n) is 17.1. The molecular formula is C23H25FN4O2. The molecule has 1 unspecified atom stereocenters. The fourth-order valence-electron chi connectivity index (χ4n) is 4.26. The van der Waals surface area contributed by atoms with Crippen LogP contribution in [0.5, 0.6) is 5.75 Å². The number of anilines is 1. The average Bonchev–Trinajstić information content (AvgIpc) is 3.46. The van der Waals surface area contributed by atoms with E-state index in [4.69, 9.17) is 15.9 Å². The van der Waals surface area contributed by atoms with Crippen LogP contribution in [-0.4, -0.2) is 23.2 Å². The number of hydrogen-bond acceptors (Lipinski definition) is 5. The molecule has 0 saturated heterocycles. The van der Waals surface area contributed by atoms with Crippen LogP contribution in [0.25, 0.3) is 5.57 Å². The quantitative estimate of drug-likeness (QED) is 0.644. The van der Waals surface area contributed by atoms with E-state index >= 15 is 0 Å². The lowest BCUT2D eigenvalue weighted by molar-refractivity contribution is -0.117. The molecule has 1 aromatic heterocycles. The number of pyridine rings is 1. The topological polar surface area (TPSA) is 101 Å². The van der Waals surface area contributed by atoms with Crippen LogP contribution in [0.1, 0.15) is 50.3 Å². The summed E-state index contributed by atoms with van der Waals surface area (Å²) in [6.07, 6.45) is 3.89. The lowest BCUT2D eigenvalue weighted by Gasteiger charge is -2.33. The summed E-state index contributed by atoms with van der Waals surface area (Å²) in [6, 6.07) is 8.06. The lowest BCUT2D eigenvalue weighted by Crippen LogP contribution is -2.30. The molecule has 0 radical (unpaired) electrons. The summed E-state index contributed by atoms with van der Waals surface area (Å²) < 4.78 is 19.4. The molecule has 4 rings (SSSR count). The third kappa shape index (κ3) is 3.79. The van der Waals surface area contributed by atoms with Crippen LogP contribution in [0.3, 0.4) is 0 Å². The number of allylic oxidation sites excluding steroid dienone is 2. The minimum Gasteiger partial charge on any atom is -0.493 e. The highest BCUT2D eigenvalue weighted by Crippen LogP contribution is 2.61. The van der Waals surface area contributed by atoms with E-state index in [-0.39, 0.29) is 23.1 Å². The van der Waals surface area contributed by atoms with Gasteiger partial charge in [0.25, 0.3) is 0 Å². The number of carbonyl (C=O) groups is 1. The average molecular weight is 408 g/mol. The normalized spacial score (nSPS) is 19.4. The summed E-state index contributed by atoms with van der Waals surface area (Å²) in [4.78, 5) is 17.1. The van der Waals surface area contributed by atoms with Gasteiger partial charge in [0.05, 0.1) is 24.2 Å². The second kappa shape index (κ2) is 7.55. The number of hydrogen-bond donors (Lipinski definition) is 3. The van der Waals surface area contributed by atoms with E-state index in [9.17, 15) is 9.18 Å². The molecule has 156 valence electrons. The largest absolute Gasteiger partial charge is 0.493 e. The summed E-state index contributed by atoms with van der Waals surface area (Å²) in [6.45, 7) is 3.92. The summed E-state index contributed by atoms with van der Waals surface area (Å²) >= 11 is 0. The van der Waals surface area contributed by atoms with Gasteiger partial charge in [-0.15, -0.1) is 0 Å². The molecule has 1 atom stereocenters. The van der Waals surface area contributed by atoms with Crippen molar-refractivity contribution in [3.63, 3.8) is 0 Å². The van der Waals surface area contributed by atoms with Gasteiger partial charge in [-0.3, -0.25) is 9.78 Å². The first kappa shape index (κ1) is 20.1. The van der Waals surface area contributed by atoms with Crippen LogP contribution in [0.15, 0.2) is 42.2 Å². The van der Waals surface area contributed by atoms with Crippen LogP contribution < -0.4 is 15.8 Å². The van der Waals surface area contributed by atoms with E-state index in [2.05, 4.69) is 10.3 Å². The fraction of sp³-hybridized carbons (Fsp3) is 0.348. The van der Waals surface area contributed by atoms with E-state index in [1.54, 1.807) is 38.2 Å². The lowest BCUT2D eigenvalue weighted by atomic mass is 9.79. The van der Waals surface area contributed by atoms with Crippen LogP contribution in [-0.2, 0) is 4.79 Å². The minimum atomic E-state index is -0.337. The van der Waals surface area contributed by atoms with Gasteiger partial charge >= 0.3 is 0 Å². The van der Waals surface area contributed by atoms with Gasteiger partial charge in [0.15, 0.2) is 0 Å². The number of nitrogens with one attached hydrogen (secondary N) is 2. The van der Waals surface area contributed by atoms with Gasteiger partial charge in [0.2, 0.25) is 5.91 Å². The van der Waals surface area contributed by atoms with Crippen molar-refractivity contribution in [1.29, 1.82) is 5.41 Å². The van der Waals surface area contributed by atoms with Crippen molar-refractivity contribution in [2.75, 3.05) is 11.9 Å². The highest BCUT2D eigenvalue weighted by atomic mass is 19.1. The maximum Gasteiger partial charge on any atom is 0.225 e. The second-order valence-corrected chi connectivity index (χ2v) is 8.25. The molecule has 30 heavy (non-hydrogen) atoms. The van der Waals surface area contributed by atoms with Gasteiger partial charge in [0, 0.05) is 40.8 Å². The van der Waals surface area contributed by atoms with Crippen molar-refractivity contribution in [2.24, 2.45) is 11.1 Å². The molecule has 0 bridgehead atoms. The third-order valence-electron chi connectivity index (χ3n) is 5.96. The monoisotopic (exact) mass is 408 g/mol. The Morgan fingerprint density at radius 1 is 1.33 bits per heavy atom. The summed E-state index contributed by atoms with van der Waals surface area (Å²) in [5.41, 5.74) is 9.37. The molecule has 2 aromatic rings. The Hall–Kier alpha value is -3.22. The predicted octanol–water partition coefficient (Wildman–Crippen LogP) is 4.24. The number of nitrogens with zero attached hydrogens (tertiary/aromatic N) is 1. The van der Waals surface area contributed by atoms with Crippen molar-refractivity contribution < 1.29 is 13.9 Å². The number of carbonyl (C=O) groups excluding carboxylic acids is 1. The smallest absolute Gasteiger partial charge is 0.225 e. The standard InChI is InChI=1S/C23H25FN4O2/c1-13(25)22(14(2)26)19-6-4-16(11-27-19)28-21(29)10-18-17-5-3-15(24)9-20(17)30-12-23(18)7-8-23/h3-6,9,11,18,25H,7-8,10,12,26H2,1-2H3,(H,28,29)/b22-14+,25-13?. The zero-order chi connectivity index (χ0) is 21.5. The Morgan fingerprint density at radius 3 is 2.70 bits per heavy atom. The molecule has 2 heterocycles. The van der Waals surface area contributed by atoms with E-state index in [1.807, 2.05) is 0 Å². The Labute approximate surface area is 174 Å². The number of ether oxygens (including phenoxy) is 1. The number of rotatable bonds is 5. The van der Waals surface area contributed by atoms with E-state index in [0.29, 0.717) is 47.1 Å². The highest BCUT2D eigenvalue weighted by molar-refractivity contribution is 6.21. The molecule has 1 aliphatic carbocycles. The molecule has 1 spiro atoms. The Balaban J connectivity index is 1.49. The molecule has 4 N–H and O–H groups in total. The van der Waals surface area contributed by atoms with E-state index < -0.39 is 0 Å². The van der Waals surface area contributed by atoms with Crippen LogP contribution >= 0.6 is 0 Å². The van der Waals surface area contributed by atoms with Crippen molar-refractivity contribution >= 4 is 22.9 Å². The first-order valence-electron chi connectivity index (χ1n) is 9.99. The summed E-state index contributed by atoms with van der Waals surface area (Å²) in [7, 11) is 0. The van der Waals surface area contributed by atoms with Gasteiger partial charge < -0.3 is 21.2 Å². The minimum absolute atomic E-state index is 0.00377. The van der Waals surface area contributed by atoms with E-state index in [0.717, 1.165) is 18.4 Å². The maximum absolute atomic E-state index is 13.6. The molecule has 1 aliphatic heterocycles. The van der Waals surface area contributed by atoms with Crippen molar-refractivity contribution in [3.8, 4) is 5.75 Å². The number of halogens is 1. The number of aromatic nitrogens is 1. The highest BCUT2D eigenvalue weighted by Gasteiger charge is 2.54. The van der Waals surface area contributed by atoms with Crippen molar-refractivity contribution in [1.82, 2.24) is 4.98 Å². The molecule has 7 heteroatoms. The van der Waals surface area contributed by atoms with Crippen LogP contribution in [0.4, 0.5) is 10.1 Å². The van der Waals surface area contributed by atoms with Crippen molar-refractivity contribution in [3.05, 3.63) is 59.3 Å². The third-order valence-corrected chi connectivity index (χ3v) is 5.96. The zero-order valence-corrected chi connectivity index (χ0v) is 17.1. The molecule has 1 fully saturated rings. The molecular weight excluding hydrogens is 383 g/mol. The summed E-state index contributed by atoms with van der Waals surface area (Å²) in [5, 5.41) is 10.8.